The number of rotatable bonds is 6. The third-order valence-electron chi connectivity index (χ3n) is 6.82. The molecule has 9 heteroatoms. The van der Waals surface area contributed by atoms with E-state index in [0.717, 1.165) is 30.8 Å². The number of aromatic carboxylic acids is 1. The molecule has 2 fully saturated rings. The van der Waals surface area contributed by atoms with Crippen LogP contribution < -0.4 is 15.6 Å². The summed E-state index contributed by atoms with van der Waals surface area (Å²) in [5.74, 6) is -1.27. The molecule has 2 aliphatic heterocycles. The van der Waals surface area contributed by atoms with Crippen LogP contribution in [-0.4, -0.2) is 53.0 Å². The maximum absolute atomic E-state index is 12.6. The van der Waals surface area contributed by atoms with Gasteiger partial charge in [-0.15, -0.1) is 0 Å². The topological polar surface area (TPSA) is 110 Å². The number of nitrogens with zero attached hydrogens (tertiary/aromatic N) is 3. The highest BCUT2D eigenvalue weighted by Gasteiger charge is 2.19. The zero-order valence-corrected chi connectivity index (χ0v) is 19.6. The van der Waals surface area contributed by atoms with Gasteiger partial charge in [-0.1, -0.05) is 12.1 Å². The number of nitrogens with one attached hydrogen (secondary N) is 1. The zero-order valence-electron chi connectivity index (χ0n) is 19.6. The molecule has 2 aromatic heterocycles. The Hall–Kier alpha value is -4.11. The minimum atomic E-state index is -1.27. The van der Waals surface area contributed by atoms with Crippen molar-refractivity contribution in [1.82, 2.24) is 9.55 Å². The van der Waals surface area contributed by atoms with Crippen LogP contribution in [0.1, 0.15) is 29.6 Å². The number of hydrogen-bond acceptors (Lipinski definition) is 7. The van der Waals surface area contributed by atoms with Gasteiger partial charge < -0.3 is 29.0 Å². The Kier molecular flexibility index (Phi) is 5.69. The standard InChI is InChI=1S/C27H26N4O5/c32-24-14-23(17-3-5-19(6-4-17)30-10-1-2-11-30)31(15-21(24)26(33)34)20-7-8-22-25(13-20)36-27(29-22)28-18-9-12-35-16-18/h3-8,13-15,18H,1-2,9-12,16H2,(H,28,29)(H,33,34)/t18-/m1/s1. The Labute approximate surface area is 206 Å². The quantitative estimate of drug-likeness (QED) is 0.418. The molecular formula is C27H26N4O5. The molecule has 36 heavy (non-hydrogen) atoms. The highest BCUT2D eigenvalue weighted by molar-refractivity contribution is 5.88. The van der Waals surface area contributed by atoms with Crippen LogP contribution >= 0.6 is 0 Å². The first-order valence-corrected chi connectivity index (χ1v) is 12.2. The first-order valence-electron chi connectivity index (χ1n) is 12.2. The van der Waals surface area contributed by atoms with E-state index in [2.05, 4.69) is 15.2 Å². The average Bonchev–Trinajstić information content (AvgIpc) is 3.66. The average molecular weight is 487 g/mol. The predicted molar refractivity (Wildman–Crippen MR) is 136 cm³/mol. The van der Waals surface area contributed by atoms with E-state index in [-0.39, 0.29) is 11.6 Å². The summed E-state index contributed by atoms with van der Waals surface area (Å²) in [5.41, 5.74) is 3.61. The summed E-state index contributed by atoms with van der Waals surface area (Å²) in [6.07, 6.45) is 4.64. The third kappa shape index (κ3) is 4.22. The molecular weight excluding hydrogens is 460 g/mol. The van der Waals surface area contributed by atoms with Crippen molar-refractivity contribution in [3.63, 3.8) is 0 Å². The minimum absolute atomic E-state index is 0.157. The van der Waals surface area contributed by atoms with Crippen LogP contribution in [0.15, 0.2) is 63.9 Å². The van der Waals surface area contributed by atoms with Crippen molar-refractivity contribution in [3.8, 4) is 16.9 Å². The van der Waals surface area contributed by atoms with Crippen molar-refractivity contribution < 1.29 is 19.1 Å². The second kappa shape index (κ2) is 9.16. The Morgan fingerprint density at radius 1 is 1.06 bits per heavy atom. The van der Waals surface area contributed by atoms with Crippen molar-refractivity contribution in [2.45, 2.75) is 25.3 Å². The van der Waals surface area contributed by atoms with Gasteiger partial charge in [0.1, 0.15) is 11.1 Å². The molecule has 0 unspecified atom stereocenters. The summed E-state index contributed by atoms with van der Waals surface area (Å²) >= 11 is 0. The number of ether oxygens (including phenoxy) is 1. The number of anilines is 2. The molecule has 0 saturated carbocycles. The monoisotopic (exact) mass is 486 g/mol. The molecule has 0 amide bonds. The van der Waals surface area contributed by atoms with Crippen molar-refractivity contribution in [2.24, 2.45) is 0 Å². The molecule has 2 saturated heterocycles. The zero-order chi connectivity index (χ0) is 24.6. The number of carbonyl (C=O) groups is 1. The minimum Gasteiger partial charge on any atom is -0.477 e. The Balaban J connectivity index is 1.40. The molecule has 4 aromatic rings. The number of carboxylic acid groups (broad SMARTS) is 1. The van der Waals surface area contributed by atoms with Gasteiger partial charge in [0.05, 0.1) is 18.3 Å². The van der Waals surface area contributed by atoms with Crippen molar-refractivity contribution in [1.29, 1.82) is 0 Å². The number of aromatic nitrogens is 2. The van der Waals surface area contributed by atoms with Crippen LogP contribution in [0, 0.1) is 0 Å². The lowest BCUT2D eigenvalue weighted by atomic mass is 10.1. The molecule has 9 nitrogen and oxygen atoms in total. The van der Waals surface area contributed by atoms with Gasteiger partial charge in [-0.3, -0.25) is 4.79 Å². The van der Waals surface area contributed by atoms with Gasteiger partial charge in [0.2, 0.25) is 0 Å². The summed E-state index contributed by atoms with van der Waals surface area (Å²) in [4.78, 5) is 31.3. The van der Waals surface area contributed by atoms with Gasteiger partial charge in [0.15, 0.2) is 11.0 Å². The second-order valence-electron chi connectivity index (χ2n) is 9.23. The lowest BCUT2D eigenvalue weighted by Crippen LogP contribution is -2.18. The van der Waals surface area contributed by atoms with E-state index in [9.17, 15) is 14.7 Å². The summed E-state index contributed by atoms with van der Waals surface area (Å²) < 4.78 is 13.1. The summed E-state index contributed by atoms with van der Waals surface area (Å²) in [6, 6.07) is 15.5. The summed E-state index contributed by atoms with van der Waals surface area (Å²) in [5, 5.41) is 12.9. The van der Waals surface area contributed by atoms with Gasteiger partial charge >= 0.3 is 5.97 Å². The molecule has 0 bridgehead atoms. The molecule has 1 atom stereocenters. The van der Waals surface area contributed by atoms with Gasteiger partial charge in [-0.2, -0.15) is 4.98 Å². The van der Waals surface area contributed by atoms with E-state index < -0.39 is 11.4 Å². The number of carboxylic acids is 1. The van der Waals surface area contributed by atoms with Gasteiger partial charge in [0.25, 0.3) is 6.01 Å². The number of benzene rings is 2. The molecule has 2 N–H and O–H groups in total. The molecule has 2 aromatic carbocycles. The molecule has 184 valence electrons. The lowest BCUT2D eigenvalue weighted by Gasteiger charge is -2.19. The summed E-state index contributed by atoms with van der Waals surface area (Å²) in [6.45, 7) is 3.40. The molecule has 0 radical (unpaired) electrons. The number of pyridine rings is 1. The van der Waals surface area contributed by atoms with E-state index in [4.69, 9.17) is 9.15 Å². The Morgan fingerprint density at radius 2 is 1.83 bits per heavy atom. The van der Waals surface area contributed by atoms with Gasteiger partial charge in [0, 0.05) is 49.4 Å². The molecule has 2 aliphatic rings. The maximum atomic E-state index is 12.6. The van der Waals surface area contributed by atoms with Crippen molar-refractivity contribution in [3.05, 3.63) is 70.5 Å². The van der Waals surface area contributed by atoms with Crippen LogP contribution in [0.25, 0.3) is 28.0 Å². The molecule has 0 spiro atoms. The second-order valence-corrected chi connectivity index (χ2v) is 9.23. The van der Waals surface area contributed by atoms with Crippen LogP contribution in [0.5, 0.6) is 0 Å². The normalized spacial score (nSPS) is 17.7. The molecule has 4 heterocycles. The SMILES string of the molecule is O=C(O)c1cn(-c2ccc3nc(N[C@@H]4CCOC4)oc3c2)c(-c2ccc(N3CCCC3)cc2)cc1=O. The lowest BCUT2D eigenvalue weighted by molar-refractivity contribution is 0.0695. The van der Waals surface area contributed by atoms with Crippen LogP contribution in [0.2, 0.25) is 0 Å². The number of hydrogen-bond donors (Lipinski definition) is 2. The fourth-order valence-electron chi connectivity index (χ4n) is 4.90. The first-order chi connectivity index (χ1) is 17.5. The van der Waals surface area contributed by atoms with Gasteiger partial charge in [-0.25, -0.2) is 4.79 Å². The van der Waals surface area contributed by atoms with E-state index in [1.54, 1.807) is 10.6 Å². The predicted octanol–water partition coefficient (Wildman–Crippen LogP) is 4.14. The van der Waals surface area contributed by atoms with Crippen LogP contribution in [-0.2, 0) is 4.74 Å². The highest BCUT2D eigenvalue weighted by Crippen LogP contribution is 2.29. The first kappa shape index (κ1) is 22.4. The van der Waals surface area contributed by atoms with Crippen LogP contribution in [0.3, 0.4) is 0 Å². The smallest absolute Gasteiger partial charge is 0.341 e. The fraction of sp³-hybridized carbons (Fsp3) is 0.296. The summed E-state index contributed by atoms with van der Waals surface area (Å²) in [7, 11) is 0. The van der Waals surface area contributed by atoms with Gasteiger partial charge in [-0.05, 0) is 49.1 Å². The Morgan fingerprint density at radius 3 is 2.56 bits per heavy atom. The largest absolute Gasteiger partial charge is 0.477 e. The van der Waals surface area contributed by atoms with E-state index in [1.807, 2.05) is 36.4 Å². The number of fused-ring (bicyclic) bond motifs is 1. The fourth-order valence-corrected chi connectivity index (χ4v) is 4.90. The van der Waals surface area contributed by atoms with E-state index >= 15 is 0 Å². The Bertz CT molecular complexity index is 1480. The van der Waals surface area contributed by atoms with Crippen LogP contribution in [0.4, 0.5) is 11.7 Å². The molecule has 0 aliphatic carbocycles. The number of oxazole rings is 1. The van der Waals surface area contributed by atoms with E-state index in [1.165, 1.54) is 25.1 Å². The highest BCUT2D eigenvalue weighted by atomic mass is 16.5. The van der Waals surface area contributed by atoms with Crippen molar-refractivity contribution >= 4 is 28.8 Å². The molecule has 6 rings (SSSR count). The maximum Gasteiger partial charge on any atom is 0.341 e. The van der Waals surface area contributed by atoms with Crippen molar-refractivity contribution in [2.75, 3.05) is 36.5 Å². The third-order valence-corrected chi connectivity index (χ3v) is 6.82. The van der Waals surface area contributed by atoms with E-state index in [0.29, 0.717) is 41.7 Å².